The Morgan fingerprint density at radius 3 is 2.50 bits per heavy atom. The lowest BCUT2D eigenvalue weighted by atomic mass is 9.90. The van der Waals surface area contributed by atoms with Crippen molar-refractivity contribution in [3.05, 3.63) is 95.3 Å². The number of aliphatic hydroxyl groups is 1. The third-order valence-electron chi connectivity index (χ3n) is 7.10. The van der Waals surface area contributed by atoms with Crippen molar-refractivity contribution in [2.24, 2.45) is 5.92 Å². The van der Waals surface area contributed by atoms with Crippen LogP contribution >= 0.6 is 0 Å². The van der Waals surface area contributed by atoms with Crippen molar-refractivity contribution in [1.29, 1.82) is 0 Å². The molecular weight excluding hydrogens is 510 g/mol. The molecule has 9 heteroatoms. The maximum absolute atomic E-state index is 12.2. The van der Waals surface area contributed by atoms with Crippen LogP contribution < -0.4 is 5.32 Å². The van der Waals surface area contributed by atoms with Crippen LogP contribution in [0.3, 0.4) is 0 Å². The summed E-state index contributed by atoms with van der Waals surface area (Å²) in [6.45, 7) is 3.60. The quantitative estimate of drug-likeness (QED) is 0.306. The molecule has 1 aliphatic rings. The van der Waals surface area contributed by atoms with Crippen LogP contribution in [-0.4, -0.2) is 58.2 Å². The zero-order valence-electron chi connectivity index (χ0n) is 22.9. The first-order chi connectivity index (χ1) is 19.3. The molecule has 9 nitrogen and oxygen atoms in total. The van der Waals surface area contributed by atoms with E-state index in [1.54, 1.807) is 18.3 Å². The molecule has 1 saturated heterocycles. The third kappa shape index (κ3) is 8.19. The predicted molar refractivity (Wildman–Crippen MR) is 150 cm³/mol. The number of amides is 1. The summed E-state index contributed by atoms with van der Waals surface area (Å²) in [5.41, 5.74) is 4.17. The van der Waals surface area contributed by atoms with Gasteiger partial charge in [0.05, 0.1) is 25.2 Å². The van der Waals surface area contributed by atoms with Gasteiger partial charge in [-0.1, -0.05) is 49.4 Å². The van der Waals surface area contributed by atoms with Crippen LogP contribution in [0.1, 0.15) is 54.5 Å². The van der Waals surface area contributed by atoms with Gasteiger partial charge in [-0.3, -0.25) is 14.6 Å². The van der Waals surface area contributed by atoms with E-state index in [0.29, 0.717) is 12.2 Å². The summed E-state index contributed by atoms with van der Waals surface area (Å²) in [4.78, 5) is 29.7. The third-order valence-corrected chi connectivity index (χ3v) is 7.10. The van der Waals surface area contributed by atoms with Gasteiger partial charge in [0.15, 0.2) is 6.29 Å². The average Bonchev–Trinajstić information content (AvgIpc) is 2.97. The smallest absolute Gasteiger partial charge is 0.303 e. The molecule has 0 aliphatic carbocycles. The highest BCUT2D eigenvalue weighted by Gasteiger charge is 2.38. The van der Waals surface area contributed by atoms with E-state index in [2.05, 4.69) is 29.2 Å². The minimum Gasteiger partial charge on any atom is -0.481 e. The zero-order valence-corrected chi connectivity index (χ0v) is 22.9. The van der Waals surface area contributed by atoms with Gasteiger partial charge < -0.3 is 29.9 Å². The number of nitrogens with zero attached hydrogens (tertiary/aromatic N) is 2. The molecule has 212 valence electrons. The van der Waals surface area contributed by atoms with Crippen molar-refractivity contribution >= 4 is 17.6 Å². The van der Waals surface area contributed by atoms with Gasteiger partial charge in [-0.15, -0.1) is 0 Å². The number of aromatic nitrogens is 1. The number of benzene rings is 2. The van der Waals surface area contributed by atoms with Crippen molar-refractivity contribution in [2.45, 2.75) is 51.3 Å². The van der Waals surface area contributed by atoms with E-state index < -0.39 is 12.3 Å². The first-order valence-electron chi connectivity index (χ1n) is 13.5. The average molecular weight is 548 g/mol. The molecule has 3 aromatic rings. The van der Waals surface area contributed by atoms with E-state index in [9.17, 15) is 14.7 Å². The Hall–Kier alpha value is -3.63. The molecule has 40 heavy (non-hydrogen) atoms. The normalized spacial score (nSPS) is 20.8. The number of carbonyl (C=O) groups is 2. The van der Waals surface area contributed by atoms with Crippen molar-refractivity contribution in [3.8, 4) is 0 Å². The van der Waals surface area contributed by atoms with E-state index in [1.807, 2.05) is 54.6 Å². The van der Waals surface area contributed by atoms with Crippen LogP contribution in [0.2, 0.25) is 0 Å². The maximum atomic E-state index is 12.2. The highest BCUT2D eigenvalue weighted by atomic mass is 16.7. The molecule has 1 aromatic heterocycles. The Balaban J connectivity index is 1.51. The molecule has 0 spiro atoms. The summed E-state index contributed by atoms with van der Waals surface area (Å²) in [7, 11) is 2.07. The fourth-order valence-corrected chi connectivity index (χ4v) is 4.78. The van der Waals surface area contributed by atoms with Gasteiger partial charge in [0.25, 0.3) is 0 Å². The molecule has 1 aliphatic heterocycles. The van der Waals surface area contributed by atoms with E-state index in [4.69, 9.17) is 14.6 Å². The Kier molecular flexibility index (Phi) is 10.4. The second-order valence-corrected chi connectivity index (χ2v) is 10.2. The van der Waals surface area contributed by atoms with Crippen LogP contribution in [-0.2, 0) is 32.1 Å². The summed E-state index contributed by atoms with van der Waals surface area (Å²) in [5.74, 6) is -1.35. The van der Waals surface area contributed by atoms with Crippen LogP contribution in [0.15, 0.2) is 72.9 Å². The van der Waals surface area contributed by atoms with Gasteiger partial charge in [-0.25, -0.2) is 0 Å². The highest BCUT2D eigenvalue weighted by molar-refractivity contribution is 5.92. The van der Waals surface area contributed by atoms with Crippen LogP contribution in [0.25, 0.3) is 0 Å². The van der Waals surface area contributed by atoms with Crippen molar-refractivity contribution < 1.29 is 29.3 Å². The Morgan fingerprint density at radius 1 is 1.00 bits per heavy atom. The second kappa shape index (κ2) is 14.1. The summed E-state index contributed by atoms with van der Waals surface area (Å²) in [5, 5.41) is 21.1. The highest BCUT2D eigenvalue weighted by Crippen LogP contribution is 2.42. The summed E-state index contributed by atoms with van der Waals surface area (Å²) < 4.78 is 13.1. The first-order valence-corrected chi connectivity index (χ1v) is 13.5. The van der Waals surface area contributed by atoms with Gasteiger partial charge >= 0.3 is 5.97 Å². The monoisotopic (exact) mass is 547 g/mol. The molecule has 2 aromatic carbocycles. The number of aliphatic hydroxyl groups excluding tert-OH is 1. The largest absolute Gasteiger partial charge is 0.481 e. The lowest BCUT2D eigenvalue weighted by Crippen LogP contribution is -2.44. The Morgan fingerprint density at radius 2 is 1.80 bits per heavy atom. The molecule has 3 N–H and O–H groups in total. The van der Waals surface area contributed by atoms with Gasteiger partial charge in [0.2, 0.25) is 5.91 Å². The number of ether oxygens (including phenoxy) is 2. The van der Waals surface area contributed by atoms with Gasteiger partial charge in [-0.2, -0.15) is 0 Å². The zero-order chi connectivity index (χ0) is 28.5. The fraction of sp³-hybridized carbons (Fsp3) is 0.387. The number of rotatable bonds is 12. The molecule has 4 rings (SSSR count). The van der Waals surface area contributed by atoms with E-state index >= 15 is 0 Å². The summed E-state index contributed by atoms with van der Waals surface area (Å²) >= 11 is 0. The molecule has 4 unspecified atom stereocenters. The Labute approximate surface area is 234 Å². The predicted octanol–water partition coefficient (Wildman–Crippen LogP) is 4.34. The number of anilines is 1. The lowest BCUT2D eigenvalue weighted by molar-refractivity contribution is -0.275. The topological polar surface area (TPSA) is 121 Å². The number of carbonyl (C=O) groups excluding carboxylic acids is 1. The number of likely N-dealkylation sites (N-methyl/N-ethyl adjacent to an activating group) is 1. The molecule has 0 saturated carbocycles. The number of hydrogen-bond donors (Lipinski definition) is 3. The SMILES string of the molecule is CC1C(CN(C)CCc2ccccn2)OC(c2cccc(NC(=O)CCC(=O)O)c2)OC1c1ccc(CO)cc1. The minimum atomic E-state index is -1.02. The number of nitrogens with one attached hydrogen (secondary N) is 1. The van der Waals surface area contributed by atoms with Gasteiger partial charge in [-0.05, 0) is 42.4 Å². The molecular formula is C31H37N3O6. The van der Waals surface area contributed by atoms with E-state index in [-0.39, 0.29) is 43.5 Å². The number of carboxylic acid groups (broad SMARTS) is 1. The van der Waals surface area contributed by atoms with Crippen molar-refractivity contribution in [2.75, 3.05) is 25.5 Å². The van der Waals surface area contributed by atoms with E-state index in [0.717, 1.165) is 35.3 Å². The molecule has 0 radical (unpaired) electrons. The number of hydrogen-bond acceptors (Lipinski definition) is 7. The van der Waals surface area contributed by atoms with Crippen LogP contribution in [0.4, 0.5) is 5.69 Å². The molecule has 0 bridgehead atoms. The van der Waals surface area contributed by atoms with Crippen LogP contribution in [0, 0.1) is 5.92 Å². The first kappa shape index (κ1) is 29.4. The van der Waals surface area contributed by atoms with Crippen LogP contribution in [0.5, 0.6) is 0 Å². The minimum absolute atomic E-state index is 0.0260. The van der Waals surface area contributed by atoms with Gasteiger partial charge in [0.1, 0.15) is 0 Å². The summed E-state index contributed by atoms with van der Waals surface area (Å²) in [6, 6.07) is 20.9. The van der Waals surface area contributed by atoms with Crippen molar-refractivity contribution in [3.63, 3.8) is 0 Å². The fourth-order valence-electron chi connectivity index (χ4n) is 4.78. The molecule has 1 fully saturated rings. The number of aliphatic carboxylic acids is 1. The molecule has 1 amide bonds. The number of pyridine rings is 1. The lowest BCUT2D eigenvalue weighted by Gasteiger charge is -2.42. The second-order valence-electron chi connectivity index (χ2n) is 10.2. The Bertz CT molecular complexity index is 1250. The molecule has 4 atom stereocenters. The number of carboxylic acids is 1. The molecule has 2 heterocycles. The standard InChI is InChI=1S/C31H37N3O6/c1-21-27(19-34(2)17-15-25-7-3-4-16-32-25)39-31(40-30(21)23-11-9-22(20-35)10-12-23)24-6-5-8-26(18-24)33-28(36)13-14-29(37)38/h3-12,16,18,21,27,30-31,35H,13-15,17,19-20H2,1-2H3,(H,33,36)(H,37,38). The van der Waals surface area contributed by atoms with Crippen molar-refractivity contribution in [1.82, 2.24) is 9.88 Å². The maximum Gasteiger partial charge on any atom is 0.303 e. The van der Waals surface area contributed by atoms with E-state index in [1.165, 1.54) is 0 Å². The van der Waals surface area contributed by atoms with Gasteiger partial charge in [0, 0.05) is 55.0 Å². The summed E-state index contributed by atoms with van der Waals surface area (Å²) in [6.07, 6.45) is 1.21.